The lowest BCUT2D eigenvalue weighted by Crippen LogP contribution is -2.53. The van der Waals surface area contributed by atoms with Gasteiger partial charge in [-0.3, -0.25) is 13.9 Å². The molecule has 0 aromatic heterocycles. The summed E-state index contributed by atoms with van der Waals surface area (Å²) >= 11 is 19.2. The lowest BCUT2D eigenvalue weighted by atomic mass is 10.0. The summed E-state index contributed by atoms with van der Waals surface area (Å²) in [6, 6.07) is 25.7. The van der Waals surface area contributed by atoms with E-state index in [9.17, 15) is 18.0 Å². The van der Waals surface area contributed by atoms with Crippen LogP contribution in [0.2, 0.25) is 15.1 Å². The quantitative estimate of drug-likeness (QED) is 0.198. The fourth-order valence-corrected chi connectivity index (χ4v) is 6.68. The second kappa shape index (κ2) is 14.3. The van der Waals surface area contributed by atoms with Crippen LogP contribution in [0.4, 0.5) is 5.69 Å². The fourth-order valence-electron chi connectivity index (χ4n) is 4.57. The molecule has 0 heterocycles. The fraction of sp³-hybridized carbons (Fsp3) is 0.188. The van der Waals surface area contributed by atoms with E-state index in [1.165, 1.54) is 30.1 Å². The van der Waals surface area contributed by atoms with Gasteiger partial charge in [-0.1, -0.05) is 95.0 Å². The topological polar surface area (TPSA) is 86.8 Å². The third-order valence-electron chi connectivity index (χ3n) is 6.89. The second-order valence-corrected chi connectivity index (χ2v) is 13.0. The van der Waals surface area contributed by atoms with Gasteiger partial charge in [0.2, 0.25) is 11.8 Å². The van der Waals surface area contributed by atoms with Gasteiger partial charge in [0.15, 0.2) is 0 Å². The minimum Gasteiger partial charge on any atom is -0.357 e. The number of nitrogens with one attached hydrogen (secondary N) is 1. The van der Waals surface area contributed by atoms with Gasteiger partial charge in [-0.05, 0) is 55.0 Å². The first-order valence-corrected chi connectivity index (χ1v) is 15.9. The van der Waals surface area contributed by atoms with Crippen molar-refractivity contribution in [3.8, 4) is 0 Å². The Morgan fingerprint density at radius 1 is 0.837 bits per heavy atom. The third kappa shape index (κ3) is 7.89. The minimum atomic E-state index is -4.24. The summed E-state index contributed by atoms with van der Waals surface area (Å²) in [5.41, 5.74) is 2.30. The Kier molecular flexibility index (Phi) is 10.7. The van der Waals surface area contributed by atoms with Gasteiger partial charge < -0.3 is 10.2 Å². The highest BCUT2D eigenvalue weighted by Gasteiger charge is 2.35. The number of carbonyl (C=O) groups excluding carboxylic acids is 2. The first-order chi connectivity index (χ1) is 20.5. The van der Waals surface area contributed by atoms with E-state index in [0.717, 1.165) is 15.4 Å². The third-order valence-corrected chi connectivity index (χ3v) is 9.62. The lowest BCUT2D eigenvalue weighted by Gasteiger charge is -2.34. The molecule has 4 aromatic rings. The first kappa shape index (κ1) is 32.4. The van der Waals surface area contributed by atoms with Crippen LogP contribution in [-0.4, -0.2) is 44.8 Å². The van der Waals surface area contributed by atoms with Crippen molar-refractivity contribution in [3.05, 3.63) is 129 Å². The standard InChI is InChI=1S/C32H30Cl3N3O4S/c1-22-14-16-26(17-15-22)43(41,42)38(25-11-6-10-24(33)19-25)21-31(39)37(20-27-28(34)12-7-13-29(27)35)30(32(40)36-2)18-23-8-4-3-5-9-23/h3-17,19,30H,18,20-21H2,1-2H3,(H,36,40)/t30-/m0/s1. The predicted molar refractivity (Wildman–Crippen MR) is 172 cm³/mol. The Morgan fingerprint density at radius 3 is 2.07 bits per heavy atom. The average molecular weight is 659 g/mol. The van der Waals surface area contributed by atoms with E-state index in [1.54, 1.807) is 48.5 Å². The van der Waals surface area contributed by atoms with E-state index in [0.29, 0.717) is 20.6 Å². The molecule has 0 saturated heterocycles. The zero-order valence-corrected chi connectivity index (χ0v) is 26.6. The number of rotatable bonds is 11. The number of likely N-dealkylation sites (N-methyl/N-ethyl adjacent to an activating group) is 1. The summed E-state index contributed by atoms with van der Waals surface area (Å²) in [5, 5.41) is 3.54. The van der Waals surface area contributed by atoms with Gasteiger partial charge in [-0.25, -0.2) is 8.42 Å². The van der Waals surface area contributed by atoms with Gasteiger partial charge in [0, 0.05) is 40.6 Å². The molecule has 4 rings (SSSR count). The molecule has 0 fully saturated rings. The number of sulfonamides is 1. The molecular weight excluding hydrogens is 629 g/mol. The number of benzene rings is 4. The first-order valence-electron chi connectivity index (χ1n) is 13.3. The SMILES string of the molecule is CNC(=O)[C@H](Cc1ccccc1)N(Cc1c(Cl)cccc1Cl)C(=O)CN(c1cccc(Cl)c1)S(=O)(=O)c1ccc(C)cc1. The zero-order valence-electron chi connectivity index (χ0n) is 23.5. The monoisotopic (exact) mass is 657 g/mol. The minimum absolute atomic E-state index is 0.00119. The predicted octanol–water partition coefficient (Wildman–Crippen LogP) is 6.54. The maximum atomic E-state index is 14.3. The molecule has 0 radical (unpaired) electrons. The van der Waals surface area contributed by atoms with Crippen molar-refractivity contribution in [2.45, 2.75) is 30.8 Å². The molecule has 43 heavy (non-hydrogen) atoms. The van der Waals surface area contributed by atoms with Gasteiger partial charge in [0.25, 0.3) is 10.0 Å². The molecule has 0 aliphatic heterocycles. The van der Waals surface area contributed by atoms with Gasteiger partial charge in [0.1, 0.15) is 12.6 Å². The van der Waals surface area contributed by atoms with Gasteiger partial charge >= 0.3 is 0 Å². The summed E-state index contributed by atoms with van der Waals surface area (Å²) in [6.07, 6.45) is 0.163. The highest BCUT2D eigenvalue weighted by molar-refractivity contribution is 7.92. The van der Waals surface area contributed by atoms with Crippen molar-refractivity contribution in [2.24, 2.45) is 0 Å². The zero-order chi connectivity index (χ0) is 31.1. The van der Waals surface area contributed by atoms with Crippen LogP contribution in [0.5, 0.6) is 0 Å². The van der Waals surface area contributed by atoms with Crippen molar-refractivity contribution in [1.82, 2.24) is 10.2 Å². The molecule has 0 saturated carbocycles. The van der Waals surface area contributed by atoms with Crippen LogP contribution in [0.25, 0.3) is 0 Å². The van der Waals surface area contributed by atoms with Gasteiger partial charge in [0.05, 0.1) is 10.6 Å². The van der Waals surface area contributed by atoms with Gasteiger partial charge in [-0.2, -0.15) is 0 Å². The number of aryl methyl sites for hydroxylation is 1. The van der Waals surface area contributed by atoms with Crippen LogP contribution >= 0.6 is 34.8 Å². The maximum absolute atomic E-state index is 14.3. The molecule has 0 bridgehead atoms. The summed E-state index contributed by atoms with van der Waals surface area (Å²) in [6.45, 7) is 1.08. The van der Waals surface area contributed by atoms with E-state index in [1.807, 2.05) is 37.3 Å². The van der Waals surface area contributed by atoms with E-state index >= 15 is 0 Å². The van der Waals surface area contributed by atoms with Crippen LogP contribution in [-0.2, 0) is 32.6 Å². The van der Waals surface area contributed by atoms with Gasteiger partial charge in [-0.15, -0.1) is 0 Å². The number of hydrogen-bond donors (Lipinski definition) is 1. The largest absolute Gasteiger partial charge is 0.357 e. The van der Waals surface area contributed by atoms with E-state index in [2.05, 4.69) is 5.32 Å². The Labute approximate surface area is 267 Å². The molecule has 2 amide bonds. The van der Waals surface area contributed by atoms with Crippen LogP contribution in [0.15, 0.2) is 102 Å². The normalized spacial score (nSPS) is 11.9. The Balaban J connectivity index is 1.82. The molecule has 0 spiro atoms. The molecule has 11 heteroatoms. The smallest absolute Gasteiger partial charge is 0.264 e. The van der Waals surface area contributed by atoms with E-state index in [-0.39, 0.29) is 23.5 Å². The van der Waals surface area contributed by atoms with Crippen molar-refractivity contribution >= 4 is 62.3 Å². The second-order valence-electron chi connectivity index (χ2n) is 9.85. The number of carbonyl (C=O) groups is 2. The van der Waals surface area contributed by atoms with Crippen LogP contribution in [0, 0.1) is 6.92 Å². The van der Waals surface area contributed by atoms with Crippen LogP contribution in [0.1, 0.15) is 16.7 Å². The molecule has 1 N–H and O–H groups in total. The highest BCUT2D eigenvalue weighted by atomic mass is 35.5. The summed E-state index contributed by atoms with van der Waals surface area (Å²) in [5.74, 6) is -1.08. The summed E-state index contributed by atoms with van der Waals surface area (Å²) < 4.78 is 29.0. The lowest BCUT2D eigenvalue weighted by molar-refractivity contribution is -0.139. The van der Waals surface area contributed by atoms with Crippen LogP contribution < -0.4 is 9.62 Å². The number of nitrogens with zero attached hydrogens (tertiary/aromatic N) is 2. The van der Waals surface area contributed by atoms with E-state index < -0.39 is 34.4 Å². The number of anilines is 1. The Bertz CT molecular complexity index is 1680. The van der Waals surface area contributed by atoms with Crippen LogP contribution in [0.3, 0.4) is 0 Å². The van der Waals surface area contributed by atoms with E-state index in [4.69, 9.17) is 34.8 Å². The molecule has 224 valence electrons. The Hall–Kier alpha value is -3.56. The van der Waals surface area contributed by atoms with Crippen molar-refractivity contribution < 1.29 is 18.0 Å². The average Bonchev–Trinajstić information content (AvgIpc) is 2.99. The molecular formula is C32H30Cl3N3O4S. The molecule has 0 aliphatic rings. The van der Waals surface area contributed by atoms with Crippen molar-refractivity contribution in [3.63, 3.8) is 0 Å². The molecule has 7 nitrogen and oxygen atoms in total. The summed E-state index contributed by atoms with van der Waals surface area (Å²) in [4.78, 5) is 29.0. The maximum Gasteiger partial charge on any atom is 0.264 e. The molecule has 4 aromatic carbocycles. The van der Waals surface area contributed by atoms with Crippen molar-refractivity contribution in [1.29, 1.82) is 0 Å². The molecule has 1 atom stereocenters. The summed E-state index contributed by atoms with van der Waals surface area (Å²) in [7, 11) is -2.76. The number of hydrogen-bond acceptors (Lipinski definition) is 4. The highest BCUT2D eigenvalue weighted by Crippen LogP contribution is 2.30. The Morgan fingerprint density at radius 2 is 1.47 bits per heavy atom. The number of halogens is 3. The van der Waals surface area contributed by atoms with Crippen molar-refractivity contribution in [2.75, 3.05) is 17.9 Å². The molecule has 0 unspecified atom stereocenters. The number of amides is 2. The molecule has 0 aliphatic carbocycles.